The third-order valence-corrected chi connectivity index (χ3v) is 5.62. The Morgan fingerprint density at radius 2 is 1.62 bits per heavy atom. The molecule has 144 valence electrons. The molecular formula is C23H15BrClNO3. The lowest BCUT2D eigenvalue weighted by Crippen LogP contribution is -2.29. The highest BCUT2D eigenvalue weighted by Crippen LogP contribution is 2.44. The third kappa shape index (κ3) is 3.48. The van der Waals surface area contributed by atoms with E-state index in [2.05, 4.69) is 15.9 Å². The van der Waals surface area contributed by atoms with Gasteiger partial charge >= 0.3 is 0 Å². The molecule has 4 rings (SSSR count). The van der Waals surface area contributed by atoms with Crippen LogP contribution in [-0.2, 0) is 9.59 Å². The summed E-state index contributed by atoms with van der Waals surface area (Å²) in [5.74, 6) is -1.70. The van der Waals surface area contributed by atoms with Crippen LogP contribution in [0.5, 0.6) is 0 Å². The Kier molecular flexibility index (Phi) is 5.26. The summed E-state index contributed by atoms with van der Waals surface area (Å²) in [4.78, 5) is 27.4. The molecule has 1 saturated heterocycles. The van der Waals surface area contributed by atoms with Crippen molar-refractivity contribution < 1.29 is 14.7 Å². The number of anilines is 1. The van der Waals surface area contributed by atoms with Gasteiger partial charge in [0.2, 0.25) is 0 Å². The number of carbonyl (C=O) groups is 2. The summed E-state index contributed by atoms with van der Waals surface area (Å²) in [6, 6.07) is 21.9. The summed E-state index contributed by atoms with van der Waals surface area (Å²) < 4.78 is 0.762. The van der Waals surface area contributed by atoms with Crippen LogP contribution in [0.25, 0.3) is 5.76 Å². The number of halogens is 2. The highest BCUT2D eigenvalue weighted by Gasteiger charge is 2.47. The van der Waals surface area contributed by atoms with Crippen LogP contribution in [0, 0.1) is 0 Å². The average Bonchev–Trinajstić information content (AvgIpc) is 2.99. The lowest BCUT2D eigenvalue weighted by atomic mass is 9.95. The lowest BCUT2D eigenvalue weighted by Gasteiger charge is -2.26. The van der Waals surface area contributed by atoms with Gasteiger partial charge in [-0.1, -0.05) is 82.1 Å². The highest BCUT2D eigenvalue weighted by atomic mass is 79.9. The van der Waals surface area contributed by atoms with Crippen molar-refractivity contribution in [3.63, 3.8) is 0 Å². The fourth-order valence-corrected chi connectivity index (χ4v) is 4.09. The van der Waals surface area contributed by atoms with Crippen molar-refractivity contribution in [3.05, 3.63) is 105 Å². The predicted molar refractivity (Wildman–Crippen MR) is 117 cm³/mol. The monoisotopic (exact) mass is 467 g/mol. The molecule has 0 saturated carbocycles. The Hall–Kier alpha value is -2.89. The molecule has 1 aliphatic heterocycles. The molecule has 0 unspecified atom stereocenters. The predicted octanol–water partition coefficient (Wildman–Crippen LogP) is 5.73. The van der Waals surface area contributed by atoms with Crippen molar-refractivity contribution in [1.82, 2.24) is 0 Å². The Balaban J connectivity index is 1.99. The largest absolute Gasteiger partial charge is 0.507 e. The van der Waals surface area contributed by atoms with Gasteiger partial charge in [-0.2, -0.15) is 0 Å². The molecule has 3 aromatic carbocycles. The van der Waals surface area contributed by atoms with E-state index < -0.39 is 17.7 Å². The van der Waals surface area contributed by atoms with E-state index >= 15 is 0 Å². The van der Waals surface area contributed by atoms with Crippen LogP contribution >= 0.6 is 27.5 Å². The van der Waals surface area contributed by atoms with E-state index in [1.165, 1.54) is 4.90 Å². The van der Waals surface area contributed by atoms with Gasteiger partial charge in [0, 0.05) is 20.7 Å². The van der Waals surface area contributed by atoms with Crippen LogP contribution in [0.2, 0.25) is 5.02 Å². The third-order valence-electron chi connectivity index (χ3n) is 4.78. The second-order valence-corrected chi connectivity index (χ2v) is 7.86. The second kappa shape index (κ2) is 7.85. The van der Waals surface area contributed by atoms with Crippen molar-refractivity contribution in [3.8, 4) is 0 Å². The van der Waals surface area contributed by atoms with Crippen LogP contribution in [-0.4, -0.2) is 16.8 Å². The number of hydrogen-bond acceptors (Lipinski definition) is 3. The number of Topliss-reactive ketones (excluding diaryl/α,β-unsaturated/α-hetero) is 1. The summed E-state index contributed by atoms with van der Waals surface area (Å²) in [5, 5.41) is 11.4. The Labute approximate surface area is 181 Å². The zero-order chi connectivity index (χ0) is 20.5. The van der Waals surface area contributed by atoms with E-state index in [-0.39, 0.29) is 11.3 Å². The molecule has 1 atom stereocenters. The van der Waals surface area contributed by atoms with Gasteiger partial charge in [-0.25, -0.2) is 0 Å². The average molecular weight is 469 g/mol. The summed E-state index contributed by atoms with van der Waals surface area (Å²) in [7, 11) is 0. The smallest absolute Gasteiger partial charge is 0.300 e. The first-order valence-electron chi connectivity index (χ1n) is 8.85. The standard InChI is InChI=1S/C23H15BrClNO3/c24-15-9-6-10-16(13-15)26-20(17-11-4-5-12-18(17)25)19(22(28)23(26)29)21(27)14-7-2-1-3-8-14/h1-13,20,27H/t20-/m0/s1. The highest BCUT2D eigenvalue weighted by molar-refractivity contribution is 9.10. The normalized spacial score (nSPS) is 18.3. The molecule has 0 aromatic heterocycles. The Morgan fingerprint density at radius 1 is 0.931 bits per heavy atom. The van der Waals surface area contributed by atoms with Crippen LogP contribution < -0.4 is 4.90 Å². The first kappa shape index (κ1) is 19.4. The topological polar surface area (TPSA) is 57.6 Å². The minimum absolute atomic E-state index is 0.00859. The van der Waals surface area contributed by atoms with Crippen LogP contribution in [0.15, 0.2) is 88.9 Å². The second-order valence-electron chi connectivity index (χ2n) is 6.54. The van der Waals surface area contributed by atoms with Gasteiger partial charge in [0.1, 0.15) is 5.76 Å². The first-order chi connectivity index (χ1) is 14.0. The molecule has 1 amide bonds. The molecule has 1 heterocycles. The van der Waals surface area contributed by atoms with Gasteiger partial charge < -0.3 is 5.11 Å². The van der Waals surface area contributed by atoms with Gasteiger partial charge in [-0.3, -0.25) is 14.5 Å². The Bertz CT molecular complexity index is 1140. The minimum atomic E-state index is -0.849. The van der Waals surface area contributed by atoms with Gasteiger partial charge in [-0.05, 0) is 29.8 Å². The number of aliphatic hydroxyl groups is 1. The molecule has 29 heavy (non-hydrogen) atoms. The van der Waals surface area contributed by atoms with E-state index in [1.807, 2.05) is 12.1 Å². The number of hydrogen-bond donors (Lipinski definition) is 1. The van der Waals surface area contributed by atoms with Gasteiger partial charge in [-0.15, -0.1) is 0 Å². The number of carbonyl (C=O) groups excluding carboxylic acids is 2. The number of aliphatic hydroxyl groups excluding tert-OH is 1. The zero-order valence-electron chi connectivity index (χ0n) is 15.0. The van der Waals surface area contributed by atoms with E-state index in [0.717, 1.165) is 4.47 Å². The van der Waals surface area contributed by atoms with Crippen LogP contribution in [0.4, 0.5) is 5.69 Å². The maximum Gasteiger partial charge on any atom is 0.300 e. The molecule has 1 N–H and O–H groups in total. The quantitative estimate of drug-likeness (QED) is 0.303. The molecule has 0 aliphatic carbocycles. The summed E-state index contributed by atoms with van der Waals surface area (Å²) in [5.41, 5.74) is 1.55. The lowest BCUT2D eigenvalue weighted by molar-refractivity contribution is -0.132. The molecule has 1 aliphatic rings. The molecule has 0 spiro atoms. The zero-order valence-corrected chi connectivity index (χ0v) is 17.4. The molecule has 6 heteroatoms. The summed E-state index contributed by atoms with van der Waals surface area (Å²) >= 11 is 9.84. The van der Waals surface area contributed by atoms with E-state index in [1.54, 1.807) is 66.7 Å². The summed E-state index contributed by atoms with van der Waals surface area (Å²) in [6.07, 6.45) is 0. The maximum absolute atomic E-state index is 13.0. The molecular weight excluding hydrogens is 454 g/mol. The van der Waals surface area contributed by atoms with E-state index in [9.17, 15) is 14.7 Å². The SMILES string of the molecule is O=C1C(=O)N(c2cccc(Br)c2)[C@@H](c2ccccc2Cl)C1=C(O)c1ccccc1. The van der Waals surface area contributed by atoms with Gasteiger partial charge in [0.25, 0.3) is 11.7 Å². The van der Waals surface area contributed by atoms with E-state index in [0.29, 0.717) is 21.8 Å². The maximum atomic E-state index is 13.0. The number of nitrogens with zero attached hydrogens (tertiary/aromatic N) is 1. The van der Waals surface area contributed by atoms with Crippen molar-refractivity contribution in [2.75, 3.05) is 4.90 Å². The molecule has 1 fully saturated rings. The van der Waals surface area contributed by atoms with Crippen molar-refractivity contribution in [1.29, 1.82) is 0 Å². The van der Waals surface area contributed by atoms with Gasteiger partial charge in [0.05, 0.1) is 11.6 Å². The summed E-state index contributed by atoms with van der Waals surface area (Å²) in [6.45, 7) is 0. The number of rotatable bonds is 3. The fraction of sp³-hybridized carbons (Fsp3) is 0.0435. The van der Waals surface area contributed by atoms with E-state index in [4.69, 9.17) is 11.6 Å². The van der Waals surface area contributed by atoms with Crippen LogP contribution in [0.1, 0.15) is 17.2 Å². The van der Waals surface area contributed by atoms with Gasteiger partial charge in [0.15, 0.2) is 0 Å². The number of ketones is 1. The molecule has 3 aromatic rings. The number of benzene rings is 3. The molecule has 4 nitrogen and oxygen atoms in total. The van der Waals surface area contributed by atoms with Crippen molar-refractivity contribution >= 4 is 50.7 Å². The van der Waals surface area contributed by atoms with Crippen molar-refractivity contribution in [2.24, 2.45) is 0 Å². The van der Waals surface area contributed by atoms with Crippen LogP contribution in [0.3, 0.4) is 0 Å². The number of amides is 1. The first-order valence-corrected chi connectivity index (χ1v) is 10.0. The molecule has 0 bridgehead atoms. The Morgan fingerprint density at radius 3 is 2.31 bits per heavy atom. The fourth-order valence-electron chi connectivity index (χ4n) is 3.47. The molecule has 0 radical (unpaired) electrons. The minimum Gasteiger partial charge on any atom is -0.507 e. The van der Waals surface area contributed by atoms with Crippen molar-refractivity contribution in [2.45, 2.75) is 6.04 Å².